The summed E-state index contributed by atoms with van der Waals surface area (Å²) in [7, 11) is 2.27. The topological polar surface area (TPSA) is 76.1 Å². The van der Waals surface area contributed by atoms with E-state index in [4.69, 9.17) is 9.47 Å². The molecule has 346 valence electrons. The van der Waals surface area contributed by atoms with Crippen molar-refractivity contribution >= 4 is 35.5 Å². The van der Waals surface area contributed by atoms with Crippen LogP contribution in [-0.4, -0.2) is 83.4 Å². The lowest BCUT2D eigenvalue weighted by Gasteiger charge is -2.28. The smallest absolute Gasteiger partial charge is 0.306 e. The number of hydrogen-bond acceptors (Lipinski definition) is 8. The van der Waals surface area contributed by atoms with Crippen molar-refractivity contribution in [2.45, 2.75) is 264 Å². The molecule has 0 amide bonds. The second-order valence-electron chi connectivity index (χ2n) is 17.4. The Labute approximate surface area is 370 Å². The van der Waals surface area contributed by atoms with Crippen molar-refractivity contribution < 1.29 is 24.2 Å². The number of aliphatic hydroxyl groups is 1. The summed E-state index contributed by atoms with van der Waals surface area (Å²) in [4.78, 5) is 28.1. The van der Waals surface area contributed by atoms with Crippen LogP contribution in [0.2, 0.25) is 0 Å². The van der Waals surface area contributed by atoms with Crippen LogP contribution in [0.4, 0.5) is 0 Å². The van der Waals surface area contributed by atoms with Crippen LogP contribution in [0.15, 0.2) is 0 Å². The average Bonchev–Trinajstić information content (AvgIpc) is 3.21. The van der Waals surface area contributed by atoms with E-state index in [2.05, 4.69) is 39.6 Å². The van der Waals surface area contributed by atoms with Gasteiger partial charge in [-0.1, -0.05) is 156 Å². The summed E-state index contributed by atoms with van der Waals surface area (Å²) in [5.41, 5.74) is 0. The molecule has 0 aliphatic rings. The second-order valence-corrected chi connectivity index (χ2v) is 19.7. The Morgan fingerprint density at radius 2 is 0.828 bits per heavy atom. The molecule has 58 heavy (non-hydrogen) atoms. The molecule has 0 bridgehead atoms. The van der Waals surface area contributed by atoms with E-state index in [1.807, 2.05) is 23.5 Å². The zero-order valence-electron chi connectivity index (χ0n) is 39.4. The molecule has 0 radical (unpaired) electrons. The molecule has 0 aliphatic heterocycles. The molecular weight excluding hydrogens is 759 g/mol. The summed E-state index contributed by atoms with van der Waals surface area (Å²) in [6, 6.07) is 0.549. The molecule has 0 aromatic heterocycles. The number of rotatable bonds is 47. The van der Waals surface area contributed by atoms with E-state index in [-0.39, 0.29) is 30.8 Å². The molecule has 2 unspecified atom stereocenters. The van der Waals surface area contributed by atoms with E-state index < -0.39 is 0 Å². The van der Waals surface area contributed by atoms with Crippen LogP contribution < -0.4 is 0 Å². The SMILES string of the molecule is CCCCCCCCCC(=O)OC(CCCCCC(CCCCCC(CSCCCCC)OC(=O)CCCCCCCCC)N(C)CCCCO)CSCCCCC. The van der Waals surface area contributed by atoms with E-state index in [0.717, 1.165) is 93.8 Å². The second kappa shape index (κ2) is 46.1. The largest absolute Gasteiger partial charge is 0.461 e. The van der Waals surface area contributed by atoms with Crippen molar-refractivity contribution in [3.8, 4) is 0 Å². The molecular formula is C50H99NO5S2. The number of unbranched alkanes of at least 4 members (excludes halogenated alkanes) is 21. The fourth-order valence-electron chi connectivity index (χ4n) is 7.73. The molecule has 2 atom stereocenters. The van der Waals surface area contributed by atoms with E-state index in [9.17, 15) is 14.7 Å². The van der Waals surface area contributed by atoms with Crippen LogP contribution in [0.3, 0.4) is 0 Å². The maximum absolute atomic E-state index is 12.8. The third kappa shape index (κ3) is 39.7. The first-order chi connectivity index (χ1) is 28.4. The molecule has 1 N–H and O–H groups in total. The summed E-state index contributed by atoms with van der Waals surface area (Å²) in [5.74, 6) is 4.20. The van der Waals surface area contributed by atoms with Crippen molar-refractivity contribution in [1.29, 1.82) is 0 Å². The standard InChI is InChI=1S/C50H99NO5S2/c1-6-10-14-16-18-20-28-38-49(53)55-47(44-57-42-32-12-8-3)36-26-22-24-34-46(51(5)40-30-31-41-52)35-25-23-27-37-48(45-58-43-33-13-9-4)56-50(54)39-29-21-19-17-15-11-7-2/h46-48,52H,6-45H2,1-5H3. The van der Waals surface area contributed by atoms with Crippen molar-refractivity contribution in [3.05, 3.63) is 0 Å². The van der Waals surface area contributed by atoms with Gasteiger partial charge in [0.05, 0.1) is 0 Å². The fourth-order valence-corrected chi connectivity index (χ4v) is 9.88. The predicted octanol–water partition coefficient (Wildman–Crippen LogP) is 14.9. The molecule has 6 nitrogen and oxygen atoms in total. The number of thioether (sulfide) groups is 2. The van der Waals surface area contributed by atoms with Crippen LogP contribution >= 0.6 is 23.5 Å². The monoisotopic (exact) mass is 858 g/mol. The molecule has 8 heteroatoms. The fraction of sp³-hybridized carbons (Fsp3) is 0.960. The van der Waals surface area contributed by atoms with Gasteiger partial charge in [-0.15, -0.1) is 0 Å². The number of ether oxygens (including phenoxy) is 2. The molecule has 0 fully saturated rings. The minimum absolute atomic E-state index is 0.0102. The van der Waals surface area contributed by atoms with Gasteiger partial charge in [-0.05, 0) is 102 Å². The van der Waals surface area contributed by atoms with Gasteiger partial charge in [-0.3, -0.25) is 9.59 Å². The first-order valence-electron chi connectivity index (χ1n) is 25.3. The highest BCUT2D eigenvalue weighted by atomic mass is 32.2. The van der Waals surface area contributed by atoms with Gasteiger partial charge in [0.15, 0.2) is 0 Å². The predicted molar refractivity (Wildman–Crippen MR) is 258 cm³/mol. The summed E-state index contributed by atoms with van der Waals surface area (Å²) < 4.78 is 12.2. The zero-order chi connectivity index (χ0) is 42.6. The Kier molecular flexibility index (Phi) is 45.7. The molecule has 0 heterocycles. The normalized spacial score (nSPS) is 13.2. The summed E-state index contributed by atoms with van der Waals surface area (Å²) in [6.45, 7) is 10.3. The van der Waals surface area contributed by atoms with Gasteiger partial charge in [0.2, 0.25) is 0 Å². The highest BCUT2D eigenvalue weighted by Gasteiger charge is 2.18. The zero-order valence-corrected chi connectivity index (χ0v) is 41.0. The Morgan fingerprint density at radius 1 is 0.466 bits per heavy atom. The Balaban J connectivity index is 4.90. The van der Waals surface area contributed by atoms with Crippen molar-refractivity contribution in [2.24, 2.45) is 0 Å². The van der Waals surface area contributed by atoms with Gasteiger partial charge >= 0.3 is 11.9 Å². The molecule has 0 aliphatic carbocycles. The van der Waals surface area contributed by atoms with Crippen LogP contribution in [0.1, 0.15) is 246 Å². The maximum Gasteiger partial charge on any atom is 0.306 e. The highest BCUT2D eigenvalue weighted by Crippen LogP contribution is 2.22. The minimum atomic E-state index is 0.0102. The number of aliphatic hydroxyl groups excluding tert-OH is 1. The quantitative estimate of drug-likeness (QED) is 0.0479. The molecule has 0 spiro atoms. The summed E-state index contributed by atoms with van der Waals surface area (Å²) >= 11 is 3.93. The first kappa shape index (κ1) is 57.6. The molecule has 0 aromatic carbocycles. The van der Waals surface area contributed by atoms with Crippen LogP contribution in [0, 0.1) is 0 Å². The van der Waals surface area contributed by atoms with Gasteiger partial charge in [-0.25, -0.2) is 0 Å². The molecule has 0 saturated heterocycles. The van der Waals surface area contributed by atoms with Gasteiger partial charge in [0.25, 0.3) is 0 Å². The first-order valence-corrected chi connectivity index (χ1v) is 27.6. The van der Waals surface area contributed by atoms with Gasteiger partial charge in [-0.2, -0.15) is 23.5 Å². The van der Waals surface area contributed by atoms with Gasteiger partial charge in [0.1, 0.15) is 12.2 Å². The molecule has 0 rings (SSSR count). The number of carbonyl (C=O) groups is 2. The van der Waals surface area contributed by atoms with Crippen LogP contribution in [0.5, 0.6) is 0 Å². The van der Waals surface area contributed by atoms with E-state index in [1.54, 1.807) is 0 Å². The Bertz CT molecular complexity index is 804. The lowest BCUT2D eigenvalue weighted by atomic mass is 9.98. The van der Waals surface area contributed by atoms with Gasteiger partial charge < -0.3 is 19.5 Å². The van der Waals surface area contributed by atoms with Crippen LogP contribution in [0.25, 0.3) is 0 Å². The lowest BCUT2D eigenvalue weighted by molar-refractivity contribution is -0.149. The van der Waals surface area contributed by atoms with Crippen molar-refractivity contribution in [3.63, 3.8) is 0 Å². The number of hydrogen-bond donors (Lipinski definition) is 1. The third-order valence-electron chi connectivity index (χ3n) is 11.6. The average molecular weight is 858 g/mol. The number of nitrogens with zero attached hydrogens (tertiary/aromatic N) is 1. The summed E-state index contributed by atoms with van der Waals surface area (Å²) in [6.07, 6.45) is 39.0. The van der Waals surface area contributed by atoms with E-state index >= 15 is 0 Å². The maximum atomic E-state index is 12.8. The highest BCUT2D eigenvalue weighted by molar-refractivity contribution is 7.99. The summed E-state index contributed by atoms with van der Waals surface area (Å²) in [5, 5.41) is 9.40. The number of esters is 2. The van der Waals surface area contributed by atoms with E-state index in [0.29, 0.717) is 18.9 Å². The third-order valence-corrected chi connectivity index (χ3v) is 14.0. The molecule has 0 saturated carbocycles. The number of carbonyl (C=O) groups excluding carboxylic acids is 2. The lowest BCUT2D eigenvalue weighted by Crippen LogP contribution is -2.32. The van der Waals surface area contributed by atoms with Gasteiger partial charge in [0, 0.05) is 37.0 Å². The minimum Gasteiger partial charge on any atom is -0.461 e. The van der Waals surface area contributed by atoms with Crippen LogP contribution in [-0.2, 0) is 19.1 Å². The van der Waals surface area contributed by atoms with E-state index in [1.165, 1.54) is 141 Å². The molecule has 0 aromatic rings. The van der Waals surface area contributed by atoms with Crippen molar-refractivity contribution in [2.75, 3.05) is 43.2 Å². The Hall–Kier alpha value is -0.440. The Morgan fingerprint density at radius 3 is 1.24 bits per heavy atom. The van der Waals surface area contributed by atoms with Crippen molar-refractivity contribution in [1.82, 2.24) is 4.90 Å².